The fourth-order valence-electron chi connectivity index (χ4n) is 3.77. The van der Waals surface area contributed by atoms with E-state index in [1.165, 1.54) is 6.20 Å². The molecule has 2 aliphatic rings. The maximum absolute atomic E-state index is 13.2. The van der Waals surface area contributed by atoms with Gasteiger partial charge in [0.15, 0.2) is 0 Å². The lowest BCUT2D eigenvalue weighted by molar-refractivity contribution is 0.0662. The summed E-state index contributed by atoms with van der Waals surface area (Å²) in [6.07, 6.45) is 6.66. The van der Waals surface area contributed by atoms with E-state index in [1.54, 1.807) is 15.2 Å². The van der Waals surface area contributed by atoms with E-state index in [2.05, 4.69) is 5.10 Å². The summed E-state index contributed by atoms with van der Waals surface area (Å²) in [4.78, 5) is 0.293. The van der Waals surface area contributed by atoms with Gasteiger partial charge in [-0.3, -0.25) is 4.68 Å². The molecule has 0 saturated carbocycles. The van der Waals surface area contributed by atoms with Crippen LogP contribution in [0.5, 0.6) is 0 Å². The monoisotopic (exact) mass is 361 g/mol. The van der Waals surface area contributed by atoms with Gasteiger partial charge in [-0.1, -0.05) is 30.3 Å². The molecule has 0 spiro atoms. The van der Waals surface area contributed by atoms with Crippen LogP contribution in [0.15, 0.2) is 47.6 Å². The highest BCUT2D eigenvalue weighted by Gasteiger charge is 2.37. The molecule has 0 unspecified atom stereocenters. The number of hydrogen-bond donors (Lipinski definition) is 0. The van der Waals surface area contributed by atoms with Gasteiger partial charge in [-0.15, -0.1) is 0 Å². The van der Waals surface area contributed by atoms with Gasteiger partial charge in [0.2, 0.25) is 10.0 Å². The second kappa shape index (κ2) is 6.90. The Balaban J connectivity index is 1.59. The van der Waals surface area contributed by atoms with E-state index in [0.717, 1.165) is 31.2 Å². The van der Waals surface area contributed by atoms with Crippen molar-refractivity contribution in [2.45, 2.75) is 42.7 Å². The predicted octanol–water partition coefficient (Wildman–Crippen LogP) is 2.76. The molecule has 25 heavy (non-hydrogen) atoms. The number of benzene rings is 1. The van der Waals surface area contributed by atoms with Gasteiger partial charge < -0.3 is 4.74 Å². The second-order valence-electron chi connectivity index (χ2n) is 6.68. The van der Waals surface area contributed by atoms with E-state index in [-0.39, 0.29) is 12.1 Å². The number of hydrogen-bond acceptors (Lipinski definition) is 4. The smallest absolute Gasteiger partial charge is 0.246 e. The molecule has 2 fully saturated rings. The molecule has 6 nitrogen and oxygen atoms in total. The molecule has 0 radical (unpaired) electrons. The Morgan fingerprint density at radius 2 is 1.84 bits per heavy atom. The average Bonchev–Trinajstić information content (AvgIpc) is 3.33. The summed E-state index contributed by atoms with van der Waals surface area (Å²) in [5.74, 6) is 0. The van der Waals surface area contributed by atoms with E-state index in [1.807, 2.05) is 30.3 Å². The van der Waals surface area contributed by atoms with Crippen LogP contribution in [0.4, 0.5) is 0 Å². The molecule has 1 atom stereocenters. The average molecular weight is 361 g/mol. The van der Waals surface area contributed by atoms with Crippen LogP contribution in [0.25, 0.3) is 0 Å². The highest BCUT2D eigenvalue weighted by molar-refractivity contribution is 7.89. The SMILES string of the molecule is O=S(=O)(c1cnn(C2CCOCC2)c1)N1CCC[C@@H]1c1ccccc1. The standard InChI is InChI=1S/C18H23N3O3S/c22-25(23,17-13-19-20(14-17)16-8-11-24-12-9-16)21-10-4-7-18(21)15-5-2-1-3-6-15/h1-3,5-6,13-14,16,18H,4,7-12H2/t18-/m1/s1. The molecule has 7 heteroatoms. The van der Waals surface area contributed by atoms with Crippen LogP contribution in [-0.2, 0) is 14.8 Å². The molecule has 2 aromatic rings. The van der Waals surface area contributed by atoms with Gasteiger partial charge in [0.05, 0.1) is 18.3 Å². The summed E-state index contributed by atoms with van der Waals surface area (Å²) in [6, 6.07) is 10.0. The Morgan fingerprint density at radius 1 is 1.08 bits per heavy atom. The van der Waals surface area contributed by atoms with Crippen molar-refractivity contribution in [3.8, 4) is 0 Å². The Bertz CT molecular complexity index is 813. The molecule has 0 bridgehead atoms. The molecule has 0 amide bonds. The minimum atomic E-state index is -3.54. The van der Waals surface area contributed by atoms with Crippen molar-refractivity contribution in [3.63, 3.8) is 0 Å². The fourth-order valence-corrected chi connectivity index (χ4v) is 5.40. The summed E-state index contributed by atoms with van der Waals surface area (Å²) in [5, 5.41) is 4.33. The van der Waals surface area contributed by atoms with Crippen LogP contribution in [0.3, 0.4) is 0 Å². The predicted molar refractivity (Wildman–Crippen MR) is 93.6 cm³/mol. The van der Waals surface area contributed by atoms with Crippen molar-refractivity contribution in [1.82, 2.24) is 14.1 Å². The van der Waals surface area contributed by atoms with Crippen molar-refractivity contribution in [1.29, 1.82) is 0 Å². The van der Waals surface area contributed by atoms with Gasteiger partial charge in [0, 0.05) is 26.0 Å². The molecule has 0 aliphatic carbocycles. The number of nitrogens with zero attached hydrogens (tertiary/aromatic N) is 3. The molecule has 2 aliphatic heterocycles. The largest absolute Gasteiger partial charge is 0.381 e. The zero-order valence-electron chi connectivity index (χ0n) is 14.1. The molecular weight excluding hydrogens is 338 g/mol. The first kappa shape index (κ1) is 16.8. The summed E-state index contributed by atoms with van der Waals surface area (Å²) < 4.78 is 35.1. The molecule has 134 valence electrons. The summed E-state index contributed by atoms with van der Waals surface area (Å²) >= 11 is 0. The van der Waals surface area contributed by atoms with Gasteiger partial charge in [0.25, 0.3) is 0 Å². The highest BCUT2D eigenvalue weighted by atomic mass is 32.2. The van der Waals surface area contributed by atoms with E-state index >= 15 is 0 Å². The molecule has 0 N–H and O–H groups in total. The van der Waals surface area contributed by atoms with Gasteiger partial charge >= 0.3 is 0 Å². The zero-order chi connectivity index (χ0) is 17.3. The normalized spacial score (nSPS) is 23.1. The minimum Gasteiger partial charge on any atom is -0.381 e. The third-order valence-corrected chi connectivity index (χ3v) is 7.00. The van der Waals surface area contributed by atoms with Gasteiger partial charge in [0.1, 0.15) is 4.90 Å². The minimum absolute atomic E-state index is 0.0855. The molecule has 3 heterocycles. The summed E-state index contributed by atoms with van der Waals surface area (Å²) in [5.41, 5.74) is 1.06. The van der Waals surface area contributed by atoms with Crippen LogP contribution in [0.2, 0.25) is 0 Å². The van der Waals surface area contributed by atoms with Gasteiger partial charge in [-0.25, -0.2) is 8.42 Å². The first-order valence-corrected chi connectivity index (χ1v) is 10.3. The van der Waals surface area contributed by atoms with Crippen LogP contribution in [0, 0.1) is 0 Å². The van der Waals surface area contributed by atoms with Crippen molar-refractivity contribution in [3.05, 3.63) is 48.3 Å². The van der Waals surface area contributed by atoms with E-state index in [0.29, 0.717) is 24.7 Å². The maximum atomic E-state index is 13.2. The molecular formula is C18H23N3O3S. The van der Waals surface area contributed by atoms with Crippen LogP contribution in [0.1, 0.15) is 43.3 Å². The number of ether oxygens (including phenoxy) is 1. The Kier molecular flexibility index (Phi) is 4.62. The molecule has 1 aromatic heterocycles. The fraction of sp³-hybridized carbons (Fsp3) is 0.500. The first-order chi connectivity index (χ1) is 12.2. The topological polar surface area (TPSA) is 64.4 Å². The van der Waals surface area contributed by atoms with E-state index in [4.69, 9.17) is 4.74 Å². The van der Waals surface area contributed by atoms with E-state index < -0.39 is 10.0 Å². The van der Waals surface area contributed by atoms with Crippen molar-refractivity contribution < 1.29 is 13.2 Å². The summed E-state index contributed by atoms with van der Waals surface area (Å²) in [7, 11) is -3.54. The number of rotatable bonds is 4. The number of sulfonamides is 1. The third-order valence-electron chi connectivity index (χ3n) is 5.14. The van der Waals surface area contributed by atoms with Crippen molar-refractivity contribution in [2.24, 2.45) is 0 Å². The van der Waals surface area contributed by atoms with Crippen molar-refractivity contribution in [2.75, 3.05) is 19.8 Å². The highest BCUT2D eigenvalue weighted by Crippen LogP contribution is 2.36. The van der Waals surface area contributed by atoms with Crippen LogP contribution < -0.4 is 0 Å². The second-order valence-corrected chi connectivity index (χ2v) is 8.57. The number of aromatic nitrogens is 2. The van der Waals surface area contributed by atoms with Crippen LogP contribution in [-0.4, -0.2) is 42.3 Å². The Morgan fingerprint density at radius 3 is 2.60 bits per heavy atom. The molecule has 1 aromatic carbocycles. The lowest BCUT2D eigenvalue weighted by Crippen LogP contribution is -2.30. The first-order valence-electron chi connectivity index (χ1n) is 8.85. The third kappa shape index (κ3) is 3.23. The van der Waals surface area contributed by atoms with Gasteiger partial charge in [-0.05, 0) is 31.2 Å². The van der Waals surface area contributed by atoms with E-state index in [9.17, 15) is 8.42 Å². The Hall–Kier alpha value is -1.70. The van der Waals surface area contributed by atoms with Gasteiger partial charge in [-0.2, -0.15) is 9.40 Å². The quantitative estimate of drug-likeness (QED) is 0.840. The zero-order valence-corrected chi connectivity index (χ0v) is 14.9. The van der Waals surface area contributed by atoms with Crippen molar-refractivity contribution >= 4 is 10.0 Å². The molecule has 4 rings (SSSR count). The molecule has 2 saturated heterocycles. The lowest BCUT2D eigenvalue weighted by atomic mass is 10.1. The summed E-state index contributed by atoms with van der Waals surface area (Å²) in [6.45, 7) is 1.97. The Labute approximate surface area is 148 Å². The maximum Gasteiger partial charge on any atom is 0.246 e. The lowest BCUT2D eigenvalue weighted by Gasteiger charge is -2.24. The van der Waals surface area contributed by atoms with Crippen LogP contribution >= 0.6 is 0 Å².